The van der Waals surface area contributed by atoms with Crippen molar-refractivity contribution >= 4 is 0 Å². The molecule has 19 heavy (non-hydrogen) atoms. The van der Waals surface area contributed by atoms with E-state index < -0.39 is 17.5 Å². The van der Waals surface area contributed by atoms with Gasteiger partial charge >= 0.3 is 0 Å². The van der Waals surface area contributed by atoms with Crippen molar-refractivity contribution in [3.05, 3.63) is 35.1 Å². The second kappa shape index (κ2) is 6.91. The van der Waals surface area contributed by atoms with Crippen LogP contribution in [-0.2, 0) is 11.3 Å². The molecule has 0 aliphatic carbocycles. The minimum Gasteiger partial charge on any atom is -0.385 e. The minimum absolute atomic E-state index is 0.00887. The molecule has 0 bridgehead atoms. The Balaban J connectivity index is 2.51. The lowest BCUT2D eigenvalue weighted by molar-refractivity contribution is 0.150. The van der Waals surface area contributed by atoms with Crippen LogP contribution in [0.4, 0.5) is 13.2 Å². The molecule has 0 heterocycles. The molecule has 0 spiro atoms. The summed E-state index contributed by atoms with van der Waals surface area (Å²) in [4.78, 5) is 0. The Morgan fingerprint density at radius 2 is 1.74 bits per heavy atom. The topological polar surface area (TPSA) is 21.3 Å². The summed E-state index contributed by atoms with van der Waals surface area (Å²) in [5.74, 6) is -2.93. The van der Waals surface area contributed by atoms with Crippen molar-refractivity contribution in [2.75, 3.05) is 20.3 Å². The van der Waals surface area contributed by atoms with E-state index in [1.54, 1.807) is 7.11 Å². The molecular formula is C14H20F3NO. The second-order valence-corrected chi connectivity index (χ2v) is 5.37. The molecular weight excluding hydrogens is 255 g/mol. The second-order valence-electron chi connectivity index (χ2n) is 5.37. The van der Waals surface area contributed by atoms with E-state index >= 15 is 0 Å². The molecule has 0 atom stereocenters. The summed E-state index contributed by atoms with van der Waals surface area (Å²) in [6.45, 7) is 5.56. The van der Waals surface area contributed by atoms with E-state index in [0.717, 1.165) is 12.5 Å². The van der Waals surface area contributed by atoms with Gasteiger partial charge in [0, 0.05) is 38.4 Å². The normalized spacial score (nSPS) is 11.9. The molecule has 108 valence electrons. The van der Waals surface area contributed by atoms with Gasteiger partial charge in [-0.1, -0.05) is 13.8 Å². The predicted octanol–water partition coefficient (Wildman–Crippen LogP) is 3.26. The molecule has 2 nitrogen and oxygen atoms in total. The van der Waals surface area contributed by atoms with Crippen LogP contribution in [0.3, 0.4) is 0 Å². The number of nitrogens with one attached hydrogen (secondary N) is 1. The highest BCUT2D eigenvalue weighted by atomic mass is 19.2. The summed E-state index contributed by atoms with van der Waals surface area (Å²) in [5.41, 5.74) is 0.117. The number of methoxy groups -OCH3 is 1. The first-order valence-corrected chi connectivity index (χ1v) is 6.19. The Hall–Kier alpha value is -1.07. The first kappa shape index (κ1) is 16.0. The molecule has 1 aromatic rings. The third-order valence-corrected chi connectivity index (χ3v) is 2.99. The lowest BCUT2D eigenvalue weighted by atomic mass is 9.89. The van der Waals surface area contributed by atoms with E-state index in [1.165, 1.54) is 0 Å². The average molecular weight is 275 g/mol. The maximum Gasteiger partial charge on any atom is 0.161 e. The van der Waals surface area contributed by atoms with E-state index in [2.05, 4.69) is 19.2 Å². The van der Waals surface area contributed by atoms with Crippen LogP contribution in [0.15, 0.2) is 12.1 Å². The third-order valence-electron chi connectivity index (χ3n) is 2.99. The van der Waals surface area contributed by atoms with E-state index in [0.29, 0.717) is 19.2 Å². The number of benzene rings is 1. The molecule has 0 aliphatic rings. The van der Waals surface area contributed by atoms with Crippen LogP contribution in [0, 0.1) is 22.9 Å². The number of rotatable bonds is 7. The molecule has 0 aromatic heterocycles. The van der Waals surface area contributed by atoms with E-state index in [1.807, 2.05) is 0 Å². The van der Waals surface area contributed by atoms with Gasteiger partial charge in [0.15, 0.2) is 11.6 Å². The molecule has 1 aromatic carbocycles. The molecule has 0 saturated heterocycles. The highest BCUT2D eigenvalue weighted by Crippen LogP contribution is 2.19. The first-order valence-electron chi connectivity index (χ1n) is 6.19. The lowest BCUT2D eigenvalue weighted by Crippen LogP contribution is -2.30. The van der Waals surface area contributed by atoms with Gasteiger partial charge in [-0.3, -0.25) is 0 Å². The van der Waals surface area contributed by atoms with Crippen LogP contribution in [0.2, 0.25) is 0 Å². The van der Waals surface area contributed by atoms with Crippen molar-refractivity contribution in [1.29, 1.82) is 0 Å². The fourth-order valence-electron chi connectivity index (χ4n) is 1.70. The van der Waals surface area contributed by atoms with E-state index in [4.69, 9.17) is 4.74 Å². The largest absolute Gasteiger partial charge is 0.385 e. The molecule has 0 fully saturated rings. The van der Waals surface area contributed by atoms with Gasteiger partial charge in [0.1, 0.15) is 5.82 Å². The van der Waals surface area contributed by atoms with Crippen LogP contribution < -0.4 is 5.32 Å². The molecule has 1 rings (SSSR count). The quantitative estimate of drug-likeness (QED) is 0.771. The van der Waals surface area contributed by atoms with Gasteiger partial charge in [0.25, 0.3) is 0 Å². The number of hydrogen-bond acceptors (Lipinski definition) is 2. The van der Waals surface area contributed by atoms with E-state index in [-0.39, 0.29) is 17.5 Å². The van der Waals surface area contributed by atoms with Crippen molar-refractivity contribution in [3.8, 4) is 0 Å². The maximum atomic E-state index is 13.4. The Labute approximate surface area is 112 Å². The van der Waals surface area contributed by atoms with Gasteiger partial charge in [-0.15, -0.1) is 0 Å². The fourth-order valence-corrected chi connectivity index (χ4v) is 1.70. The van der Waals surface area contributed by atoms with Gasteiger partial charge in [-0.25, -0.2) is 13.2 Å². The first-order chi connectivity index (χ1) is 8.85. The molecule has 0 saturated carbocycles. The highest BCUT2D eigenvalue weighted by molar-refractivity contribution is 5.19. The van der Waals surface area contributed by atoms with Crippen molar-refractivity contribution in [2.24, 2.45) is 5.41 Å². The summed E-state index contributed by atoms with van der Waals surface area (Å²) in [6, 6.07) is 1.46. The van der Waals surface area contributed by atoms with Gasteiger partial charge in [0.05, 0.1) is 0 Å². The summed E-state index contributed by atoms with van der Waals surface area (Å²) >= 11 is 0. The standard InChI is InChI=1S/C14H20F3NO/c1-14(2,4-5-19-3)9-18-8-10-6-12(16)13(17)7-11(10)15/h6-7,18H,4-5,8-9H2,1-3H3. The smallest absolute Gasteiger partial charge is 0.161 e. The summed E-state index contributed by atoms with van der Waals surface area (Å²) in [5, 5.41) is 3.05. The van der Waals surface area contributed by atoms with Crippen LogP contribution in [0.25, 0.3) is 0 Å². The van der Waals surface area contributed by atoms with Crippen molar-refractivity contribution < 1.29 is 17.9 Å². The number of ether oxygens (including phenoxy) is 1. The monoisotopic (exact) mass is 275 g/mol. The molecule has 0 unspecified atom stereocenters. The average Bonchev–Trinajstić information content (AvgIpc) is 2.33. The molecule has 0 radical (unpaired) electrons. The van der Waals surface area contributed by atoms with Gasteiger partial charge in [-0.2, -0.15) is 0 Å². The van der Waals surface area contributed by atoms with Crippen LogP contribution in [0.1, 0.15) is 25.8 Å². The zero-order chi connectivity index (χ0) is 14.5. The van der Waals surface area contributed by atoms with Gasteiger partial charge < -0.3 is 10.1 Å². The fraction of sp³-hybridized carbons (Fsp3) is 0.571. The minimum atomic E-state index is -1.17. The highest BCUT2D eigenvalue weighted by Gasteiger charge is 2.17. The summed E-state index contributed by atoms with van der Waals surface area (Å²) in [7, 11) is 1.64. The number of hydrogen-bond donors (Lipinski definition) is 1. The van der Waals surface area contributed by atoms with Crippen molar-refractivity contribution in [3.63, 3.8) is 0 Å². The molecule has 0 aliphatic heterocycles. The maximum absolute atomic E-state index is 13.4. The predicted molar refractivity (Wildman–Crippen MR) is 68.3 cm³/mol. The Morgan fingerprint density at radius 3 is 2.37 bits per heavy atom. The number of halogens is 3. The van der Waals surface area contributed by atoms with Crippen LogP contribution in [-0.4, -0.2) is 20.3 Å². The van der Waals surface area contributed by atoms with Crippen molar-refractivity contribution in [1.82, 2.24) is 5.32 Å². The Kier molecular flexibility index (Phi) is 5.82. The van der Waals surface area contributed by atoms with Crippen LogP contribution in [0.5, 0.6) is 0 Å². The van der Waals surface area contributed by atoms with Crippen LogP contribution >= 0.6 is 0 Å². The summed E-state index contributed by atoms with van der Waals surface area (Å²) < 4.78 is 44.2. The van der Waals surface area contributed by atoms with Gasteiger partial charge in [0.2, 0.25) is 0 Å². The molecule has 5 heteroatoms. The summed E-state index contributed by atoms with van der Waals surface area (Å²) in [6.07, 6.45) is 0.858. The third kappa shape index (κ3) is 5.20. The van der Waals surface area contributed by atoms with Gasteiger partial charge in [-0.05, 0) is 17.9 Å². The van der Waals surface area contributed by atoms with Crippen molar-refractivity contribution in [2.45, 2.75) is 26.8 Å². The zero-order valence-corrected chi connectivity index (χ0v) is 11.5. The Morgan fingerprint density at radius 1 is 1.11 bits per heavy atom. The Bertz CT molecular complexity index is 421. The zero-order valence-electron chi connectivity index (χ0n) is 11.5. The van der Waals surface area contributed by atoms with E-state index in [9.17, 15) is 13.2 Å². The lowest BCUT2D eigenvalue weighted by Gasteiger charge is -2.24. The molecule has 0 amide bonds. The SMILES string of the molecule is COCCC(C)(C)CNCc1cc(F)c(F)cc1F. The molecule has 1 N–H and O–H groups in total.